The maximum atomic E-state index is 12.9. The third-order valence-electron chi connectivity index (χ3n) is 6.28. The van der Waals surface area contributed by atoms with Gasteiger partial charge in [-0.3, -0.25) is 4.79 Å². The predicted molar refractivity (Wildman–Crippen MR) is 161 cm³/mol. The number of carbonyl (C=O) groups is 1. The van der Waals surface area contributed by atoms with Crippen molar-refractivity contribution in [3.63, 3.8) is 0 Å². The number of amides is 1. The van der Waals surface area contributed by atoms with Crippen LogP contribution in [0.1, 0.15) is 34.7 Å². The Balaban J connectivity index is 1.62. The predicted octanol–water partition coefficient (Wildman–Crippen LogP) is 7.89. The summed E-state index contributed by atoms with van der Waals surface area (Å²) in [5.74, 6) is 0.743. The van der Waals surface area contributed by atoms with Gasteiger partial charge in [-0.05, 0) is 108 Å². The van der Waals surface area contributed by atoms with E-state index in [9.17, 15) is 10.1 Å². The van der Waals surface area contributed by atoms with Gasteiger partial charge in [0.05, 0.1) is 10.2 Å². The second-order valence-electron chi connectivity index (χ2n) is 9.08. The molecule has 0 saturated heterocycles. The molecule has 6 heteroatoms. The average molecular weight is 616 g/mol. The highest BCUT2D eigenvalue weighted by Crippen LogP contribution is 2.36. The minimum Gasteiger partial charge on any atom is -0.490 e. The van der Waals surface area contributed by atoms with Crippen LogP contribution in [-0.4, -0.2) is 12.5 Å². The largest absolute Gasteiger partial charge is 0.490 e. The van der Waals surface area contributed by atoms with E-state index < -0.39 is 5.91 Å². The molecular weight excluding hydrogens is 587 g/mol. The molecule has 0 aliphatic heterocycles. The normalized spacial score (nSPS) is 11.2. The Morgan fingerprint density at radius 1 is 1.00 bits per heavy atom. The number of nitrogens with zero attached hydrogens (tertiary/aromatic N) is 1. The Hall–Kier alpha value is -3.83. The summed E-state index contributed by atoms with van der Waals surface area (Å²) in [7, 11) is 0. The zero-order chi connectivity index (χ0) is 27.2. The Bertz CT molecular complexity index is 1580. The van der Waals surface area contributed by atoms with Gasteiger partial charge in [0.1, 0.15) is 18.2 Å². The first-order valence-electron chi connectivity index (χ1n) is 12.4. The maximum absolute atomic E-state index is 12.9. The minimum atomic E-state index is -0.457. The van der Waals surface area contributed by atoms with Gasteiger partial charge in [-0.15, -0.1) is 0 Å². The first-order valence-corrected chi connectivity index (χ1v) is 13.4. The van der Waals surface area contributed by atoms with Crippen LogP contribution in [0.5, 0.6) is 11.5 Å². The Morgan fingerprint density at radius 3 is 2.53 bits per heavy atom. The molecule has 0 atom stereocenters. The summed E-state index contributed by atoms with van der Waals surface area (Å²) in [6.45, 7) is 8.70. The molecule has 0 aliphatic rings. The molecule has 0 fully saturated rings. The lowest BCUT2D eigenvalue weighted by molar-refractivity contribution is -0.112. The summed E-state index contributed by atoms with van der Waals surface area (Å²) in [5.41, 5.74) is 5.61. The third-order valence-corrected chi connectivity index (χ3v) is 7.09. The molecule has 0 aromatic heterocycles. The van der Waals surface area contributed by atoms with Crippen LogP contribution < -0.4 is 14.8 Å². The van der Waals surface area contributed by atoms with E-state index in [0.29, 0.717) is 36.0 Å². The molecule has 0 bridgehead atoms. The Labute approximate surface area is 237 Å². The summed E-state index contributed by atoms with van der Waals surface area (Å²) in [6.07, 6.45) is 1.57. The van der Waals surface area contributed by atoms with Gasteiger partial charge >= 0.3 is 0 Å². The number of nitriles is 1. The van der Waals surface area contributed by atoms with Crippen LogP contribution in [0.3, 0.4) is 0 Å². The van der Waals surface area contributed by atoms with Crippen molar-refractivity contribution in [3.8, 4) is 17.6 Å². The molecule has 4 aromatic carbocycles. The van der Waals surface area contributed by atoms with Crippen LogP contribution >= 0.6 is 22.6 Å². The SMILES string of the molecule is CCOc1cc(/C=C(\C#N)C(=O)Nc2cc(C)ccc2C)cc(I)c1OCc1c(C)ccc2ccccc12. The van der Waals surface area contributed by atoms with Crippen molar-refractivity contribution >= 4 is 51.0 Å². The lowest BCUT2D eigenvalue weighted by Crippen LogP contribution is -2.14. The molecule has 5 nitrogen and oxygen atoms in total. The number of aryl methyl sites for hydroxylation is 3. The number of hydrogen-bond acceptors (Lipinski definition) is 4. The standard InChI is InChI=1S/C32H29IN2O3/c1-5-37-30-17-23(15-25(18-34)32(36)35-29-14-20(2)10-11-22(29)4)16-28(33)31(30)38-19-27-21(3)12-13-24-8-6-7-9-26(24)27/h6-17H,5,19H2,1-4H3,(H,35,36)/b25-15+. The molecule has 0 spiro atoms. The lowest BCUT2D eigenvalue weighted by atomic mass is 10.0. The molecule has 0 saturated carbocycles. The van der Waals surface area contributed by atoms with E-state index in [-0.39, 0.29) is 5.57 Å². The molecule has 0 heterocycles. The molecule has 1 amide bonds. The quantitative estimate of drug-likeness (QED) is 0.124. The number of anilines is 1. The molecule has 0 radical (unpaired) electrons. The number of carbonyl (C=O) groups excluding carboxylic acids is 1. The van der Waals surface area contributed by atoms with E-state index in [1.807, 2.05) is 63.2 Å². The van der Waals surface area contributed by atoms with Gasteiger partial charge in [0.15, 0.2) is 11.5 Å². The highest BCUT2D eigenvalue weighted by molar-refractivity contribution is 14.1. The summed E-state index contributed by atoms with van der Waals surface area (Å²) < 4.78 is 13.1. The zero-order valence-corrected chi connectivity index (χ0v) is 24.0. The summed E-state index contributed by atoms with van der Waals surface area (Å²) >= 11 is 2.21. The first-order chi connectivity index (χ1) is 18.3. The summed E-state index contributed by atoms with van der Waals surface area (Å²) in [6, 6.07) is 24.0. The minimum absolute atomic E-state index is 0.00389. The van der Waals surface area contributed by atoms with Gasteiger partial charge in [-0.1, -0.05) is 48.5 Å². The number of benzene rings is 4. The summed E-state index contributed by atoms with van der Waals surface area (Å²) in [4.78, 5) is 12.9. The van der Waals surface area contributed by atoms with Crippen LogP contribution in [0.25, 0.3) is 16.8 Å². The Morgan fingerprint density at radius 2 is 1.76 bits per heavy atom. The number of hydrogen-bond donors (Lipinski definition) is 1. The van der Waals surface area contributed by atoms with Crippen LogP contribution in [0.15, 0.2) is 72.3 Å². The van der Waals surface area contributed by atoms with Crippen LogP contribution in [0, 0.1) is 35.7 Å². The zero-order valence-electron chi connectivity index (χ0n) is 21.9. The molecule has 1 N–H and O–H groups in total. The fourth-order valence-corrected chi connectivity index (χ4v) is 5.01. The lowest BCUT2D eigenvalue weighted by Gasteiger charge is -2.17. The van der Waals surface area contributed by atoms with Gasteiger partial charge in [0.25, 0.3) is 5.91 Å². The van der Waals surface area contributed by atoms with Gasteiger partial charge in [-0.2, -0.15) is 5.26 Å². The van der Waals surface area contributed by atoms with E-state index in [2.05, 4.69) is 59.1 Å². The maximum Gasteiger partial charge on any atom is 0.266 e. The topological polar surface area (TPSA) is 71.3 Å². The molecule has 0 aliphatic carbocycles. The number of fused-ring (bicyclic) bond motifs is 1. The second-order valence-corrected chi connectivity index (χ2v) is 10.2. The van der Waals surface area contributed by atoms with Crippen LogP contribution in [0.2, 0.25) is 0 Å². The van der Waals surface area contributed by atoms with Crippen LogP contribution in [0.4, 0.5) is 5.69 Å². The van der Waals surface area contributed by atoms with E-state index in [1.165, 1.54) is 5.39 Å². The number of halogens is 1. The Kier molecular flexibility index (Phi) is 8.70. The van der Waals surface area contributed by atoms with Gasteiger partial charge in [0, 0.05) is 11.3 Å². The smallest absolute Gasteiger partial charge is 0.266 e. The number of rotatable bonds is 8. The first kappa shape index (κ1) is 27.2. The van der Waals surface area contributed by atoms with Crippen molar-refractivity contribution in [3.05, 3.63) is 104 Å². The summed E-state index contributed by atoms with van der Waals surface area (Å²) in [5, 5.41) is 14.9. The molecule has 4 rings (SSSR count). The number of ether oxygens (including phenoxy) is 2. The van der Waals surface area contributed by atoms with Crippen molar-refractivity contribution in [2.24, 2.45) is 0 Å². The van der Waals surface area contributed by atoms with Crippen molar-refractivity contribution in [2.45, 2.75) is 34.3 Å². The monoisotopic (exact) mass is 616 g/mol. The van der Waals surface area contributed by atoms with Crippen LogP contribution in [-0.2, 0) is 11.4 Å². The highest BCUT2D eigenvalue weighted by atomic mass is 127. The highest BCUT2D eigenvalue weighted by Gasteiger charge is 2.16. The second kappa shape index (κ2) is 12.1. The van der Waals surface area contributed by atoms with E-state index in [1.54, 1.807) is 12.1 Å². The van der Waals surface area contributed by atoms with Gasteiger partial charge < -0.3 is 14.8 Å². The molecule has 192 valence electrons. The van der Waals surface area contributed by atoms with E-state index in [0.717, 1.165) is 31.2 Å². The molecule has 4 aromatic rings. The molecular formula is C32H29IN2O3. The third kappa shape index (κ3) is 6.17. The van der Waals surface area contributed by atoms with E-state index >= 15 is 0 Å². The number of nitrogens with one attached hydrogen (secondary N) is 1. The van der Waals surface area contributed by atoms with E-state index in [4.69, 9.17) is 9.47 Å². The molecule has 0 unspecified atom stereocenters. The average Bonchev–Trinajstić information content (AvgIpc) is 2.90. The van der Waals surface area contributed by atoms with Gasteiger partial charge in [-0.25, -0.2) is 0 Å². The van der Waals surface area contributed by atoms with Crippen molar-refractivity contribution in [1.82, 2.24) is 0 Å². The van der Waals surface area contributed by atoms with Crippen molar-refractivity contribution < 1.29 is 14.3 Å². The fourth-order valence-electron chi connectivity index (χ4n) is 4.23. The van der Waals surface area contributed by atoms with Crippen molar-refractivity contribution in [2.75, 3.05) is 11.9 Å². The molecule has 38 heavy (non-hydrogen) atoms. The van der Waals surface area contributed by atoms with Gasteiger partial charge in [0.2, 0.25) is 0 Å². The fraction of sp³-hybridized carbons (Fsp3) is 0.188. The van der Waals surface area contributed by atoms with Crippen molar-refractivity contribution in [1.29, 1.82) is 5.26 Å².